The second kappa shape index (κ2) is 4.60. The second-order valence-corrected chi connectivity index (χ2v) is 3.65. The zero-order valence-electron chi connectivity index (χ0n) is 7.07. The van der Waals surface area contributed by atoms with Crippen LogP contribution >= 0.6 is 15.9 Å². The maximum atomic E-state index is 9.50. The molecule has 0 bridgehead atoms. The number of rotatable bonds is 3. The third-order valence-corrected chi connectivity index (χ3v) is 2.53. The van der Waals surface area contributed by atoms with E-state index in [0.717, 1.165) is 4.47 Å². The summed E-state index contributed by atoms with van der Waals surface area (Å²) in [6.45, 7) is 0.0158. The second-order valence-electron chi connectivity index (χ2n) is 2.79. The van der Waals surface area contributed by atoms with Gasteiger partial charge in [-0.1, -0.05) is 22.0 Å². The Balaban J connectivity index is 2.98. The van der Waals surface area contributed by atoms with Gasteiger partial charge in [-0.05, 0) is 18.6 Å². The zero-order chi connectivity index (χ0) is 9.84. The van der Waals surface area contributed by atoms with E-state index in [1.54, 1.807) is 12.1 Å². The van der Waals surface area contributed by atoms with Crippen LogP contribution in [0.1, 0.15) is 18.0 Å². The molecule has 4 heteroatoms. The lowest BCUT2D eigenvalue weighted by Gasteiger charge is -2.13. The normalized spacial score (nSPS) is 12.8. The third-order valence-electron chi connectivity index (χ3n) is 1.84. The number of hydrogen-bond donors (Lipinski definition) is 3. The molecule has 0 aromatic heterocycles. The van der Waals surface area contributed by atoms with Crippen molar-refractivity contribution >= 4 is 15.9 Å². The molecule has 0 heterocycles. The van der Waals surface area contributed by atoms with Crippen molar-refractivity contribution < 1.29 is 10.2 Å². The van der Waals surface area contributed by atoms with Crippen LogP contribution in [0.2, 0.25) is 0 Å². The number of hydrogen-bond acceptors (Lipinski definition) is 3. The van der Waals surface area contributed by atoms with Gasteiger partial charge in [0, 0.05) is 22.7 Å². The number of aliphatic hydroxyl groups excluding tert-OH is 1. The van der Waals surface area contributed by atoms with E-state index < -0.39 is 0 Å². The van der Waals surface area contributed by atoms with Crippen molar-refractivity contribution in [3.63, 3.8) is 0 Å². The van der Waals surface area contributed by atoms with E-state index in [9.17, 15) is 5.11 Å². The zero-order valence-corrected chi connectivity index (χ0v) is 8.66. The third kappa shape index (κ3) is 2.43. The van der Waals surface area contributed by atoms with Gasteiger partial charge in [-0.2, -0.15) is 0 Å². The molecule has 0 fully saturated rings. The summed E-state index contributed by atoms with van der Waals surface area (Å²) in [6, 6.07) is 4.79. The molecule has 3 nitrogen and oxygen atoms in total. The van der Waals surface area contributed by atoms with Crippen molar-refractivity contribution in [3.8, 4) is 5.75 Å². The predicted octanol–water partition coefficient (Wildman–Crippen LogP) is 1.54. The van der Waals surface area contributed by atoms with E-state index in [1.165, 1.54) is 0 Å². The quantitative estimate of drug-likeness (QED) is 0.757. The van der Waals surface area contributed by atoms with Crippen molar-refractivity contribution in [1.82, 2.24) is 0 Å². The summed E-state index contributed by atoms with van der Waals surface area (Å²) >= 11 is 3.30. The molecule has 72 valence electrons. The van der Waals surface area contributed by atoms with Crippen molar-refractivity contribution in [2.45, 2.75) is 12.5 Å². The highest BCUT2D eigenvalue weighted by Crippen LogP contribution is 2.31. The van der Waals surface area contributed by atoms with Crippen LogP contribution in [-0.4, -0.2) is 16.8 Å². The molecule has 1 aromatic rings. The first-order chi connectivity index (χ1) is 6.16. The SMILES string of the molecule is NC(CCO)c1c(O)cccc1Br. The van der Waals surface area contributed by atoms with E-state index in [-0.39, 0.29) is 18.4 Å². The van der Waals surface area contributed by atoms with Crippen LogP contribution in [-0.2, 0) is 0 Å². The van der Waals surface area contributed by atoms with E-state index in [1.807, 2.05) is 6.07 Å². The Labute approximate surface area is 85.3 Å². The fourth-order valence-electron chi connectivity index (χ4n) is 1.18. The summed E-state index contributed by atoms with van der Waals surface area (Å²) in [5, 5.41) is 18.2. The predicted molar refractivity (Wildman–Crippen MR) is 54.4 cm³/mol. The highest BCUT2D eigenvalue weighted by molar-refractivity contribution is 9.10. The average Bonchev–Trinajstić information content (AvgIpc) is 2.04. The Morgan fingerprint density at radius 1 is 1.46 bits per heavy atom. The van der Waals surface area contributed by atoms with Crippen LogP contribution in [0.4, 0.5) is 0 Å². The molecule has 0 spiro atoms. The maximum absolute atomic E-state index is 9.50. The molecule has 1 rings (SSSR count). The molecule has 0 radical (unpaired) electrons. The summed E-state index contributed by atoms with van der Waals surface area (Å²) in [7, 11) is 0. The number of benzene rings is 1. The van der Waals surface area contributed by atoms with Crippen LogP contribution in [0.15, 0.2) is 22.7 Å². The lowest BCUT2D eigenvalue weighted by atomic mass is 10.0. The van der Waals surface area contributed by atoms with Gasteiger partial charge >= 0.3 is 0 Å². The highest BCUT2D eigenvalue weighted by atomic mass is 79.9. The number of phenols is 1. The van der Waals surface area contributed by atoms with Crippen molar-refractivity contribution in [1.29, 1.82) is 0 Å². The summed E-state index contributed by atoms with van der Waals surface area (Å²) in [6.07, 6.45) is 0.441. The molecule has 1 aromatic carbocycles. The summed E-state index contributed by atoms with van der Waals surface area (Å²) < 4.78 is 0.772. The summed E-state index contributed by atoms with van der Waals surface area (Å²) in [4.78, 5) is 0. The molecule has 0 aliphatic carbocycles. The van der Waals surface area contributed by atoms with Gasteiger partial charge in [-0.25, -0.2) is 0 Å². The standard InChI is InChI=1S/C9H12BrNO2/c10-6-2-1-3-8(13)9(6)7(11)4-5-12/h1-3,7,12-13H,4-5,11H2. The Morgan fingerprint density at radius 2 is 2.15 bits per heavy atom. The molecule has 13 heavy (non-hydrogen) atoms. The lowest BCUT2D eigenvalue weighted by Crippen LogP contribution is -2.12. The van der Waals surface area contributed by atoms with Gasteiger partial charge in [0.05, 0.1) is 0 Å². The molecule has 1 unspecified atom stereocenters. The van der Waals surface area contributed by atoms with E-state index in [0.29, 0.717) is 12.0 Å². The fraction of sp³-hybridized carbons (Fsp3) is 0.333. The molecule has 0 amide bonds. The van der Waals surface area contributed by atoms with Crippen LogP contribution in [0.5, 0.6) is 5.75 Å². The van der Waals surface area contributed by atoms with Gasteiger partial charge in [0.1, 0.15) is 5.75 Å². The largest absolute Gasteiger partial charge is 0.508 e. The first-order valence-electron chi connectivity index (χ1n) is 4.00. The molecule has 1 atom stereocenters. The molecular weight excluding hydrogens is 234 g/mol. The fourth-order valence-corrected chi connectivity index (χ4v) is 1.83. The smallest absolute Gasteiger partial charge is 0.121 e. The van der Waals surface area contributed by atoms with Gasteiger partial charge in [-0.3, -0.25) is 0 Å². The summed E-state index contributed by atoms with van der Waals surface area (Å²) in [5.41, 5.74) is 6.41. The number of nitrogens with two attached hydrogens (primary N) is 1. The molecule has 0 saturated heterocycles. The highest BCUT2D eigenvalue weighted by Gasteiger charge is 2.13. The minimum absolute atomic E-state index is 0.0158. The summed E-state index contributed by atoms with van der Waals surface area (Å²) in [5.74, 6) is 0.162. The monoisotopic (exact) mass is 245 g/mol. The number of halogens is 1. The van der Waals surface area contributed by atoms with Crippen LogP contribution < -0.4 is 5.73 Å². The minimum Gasteiger partial charge on any atom is -0.508 e. The molecule has 0 aliphatic heterocycles. The van der Waals surface area contributed by atoms with Crippen molar-refractivity contribution in [2.75, 3.05) is 6.61 Å². The maximum Gasteiger partial charge on any atom is 0.121 e. The van der Waals surface area contributed by atoms with Crippen molar-refractivity contribution in [2.24, 2.45) is 5.73 Å². The first-order valence-corrected chi connectivity index (χ1v) is 4.80. The van der Waals surface area contributed by atoms with E-state index in [4.69, 9.17) is 10.8 Å². The Hall–Kier alpha value is -0.580. The van der Waals surface area contributed by atoms with Crippen LogP contribution in [0, 0.1) is 0 Å². The molecule has 0 aliphatic rings. The number of aliphatic hydroxyl groups is 1. The number of aromatic hydroxyl groups is 1. The first kappa shape index (κ1) is 10.5. The van der Waals surface area contributed by atoms with E-state index >= 15 is 0 Å². The van der Waals surface area contributed by atoms with Gasteiger partial charge in [-0.15, -0.1) is 0 Å². The Morgan fingerprint density at radius 3 is 2.69 bits per heavy atom. The van der Waals surface area contributed by atoms with Gasteiger partial charge < -0.3 is 15.9 Å². The van der Waals surface area contributed by atoms with Gasteiger partial charge in [0.2, 0.25) is 0 Å². The van der Waals surface area contributed by atoms with Crippen LogP contribution in [0.25, 0.3) is 0 Å². The topological polar surface area (TPSA) is 66.5 Å². The number of phenolic OH excluding ortho intramolecular Hbond substituents is 1. The molecular formula is C9H12BrNO2. The molecule has 0 saturated carbocycles. The average molecular weight is 246 g/mol. The lowest BCUT2D eigenvalue weighted by molar-refractivity contribution is 0.275. The van der Waals surface area contributed by atoms with Crippen molar-refractivity contribution in [3.05, 3.63) is 28.2 Å². The Bertz CT molecular complexity index is 271. The molecule has 4 N–H and O–H groups in total. The van der Waals surface area contributed by atoms with Crippen LogP contribution in [0.3, 0.4) is 0 Å². The van der Waals surface area contributed by atoms with Gasteiger partial charge in [0.25, 0.3) is 0 Å². The Kier molecular flexibility index (Phi) is 3.71. The van der Waals surface area contributed by atoms with E-state index in [2.05, 4.69) is 15.9 Å². The minimum atomic E-state index is -0.333. The van der Waals surface area contributed by atoms with Gasteiger partial charge in [0.15, 0.2) is 0 Å².